The van der Waals surface area contributed by atoms with Crippen LogP contribution < -0.4 is 20.6 Å². The van der Waals surface area contributed by atoms with Crippen LogP contribution in [0.3, 0.4) is 0 Å². The average molecular weight is 410 g/mol. The van der Waals surface area contributed by atoms with Gasteiger partial charge in [0.1, 0.15) is 18.1 Å². The van der Waals surface area contributed by atoms with Gasteiger partial charge >= 0.3 is 5.69 Å². The van der Waals surface area contributed by atoms with Crippen LogP contribution in [0.2, 0.25) is 0 Å². The monoisotopic (exact) mass is 410 g/mol. The molecule has 1 N–H and O–H groups in total. The fraction of sp³-hybridized carbons (Fsp3) is 0.429. The van der Waals surface area contributed by atoms with Crippen LogP contribution in [0, 0.1) is 12.8 Å². The number of hydrogen-bond acceptors (Lipinski definition) is 6. The minimum atomic E-state index is -0.400. The zero-order chi connectivity index (χ0) is 21.3. The number of rotatable bonds is 5. The molecule has 0 bridgehead atoms. The molecular formula is C21H26N6O3. The molecule has 9 heteroatoms. The average Bonchev–Trinajstić information content (AvgIpc) is 3.03. The highest BCUT2D eigenvalue weighted by molar-refractivity contribution is 5.92. The number of carbonyl (C=O) groups excluding carboxylic acids is 1. The molecule has 1 aliphatic heterocycles. The van der Waals surface area contributed by atoms with E-state index >= 15 is 0 Å². The fourth-order valence-electron chi connectivity index (χ4n) is 3.66. The number of anilines is 2. The summed E-state index contributed by atoms with van der Waals surface area (Å²) in [4.78, 5) is 31.9. The first kappa shape index (κ1) is 19.9. The summed E-state index contributed by atoms with van der Waals surface area (Å²) in [5.41, 5.74) is 1.14. The smallest absolute Gasteiger partial charge is 0.352 e. The van der Waals surface area contributed by atoms with E-state index in [1.165, 1.54) is 4.40 Å². The molecule has 1 amide bonds. The Morgan fingerprint density at radius 3 is 2.77 bits per heavy atom. The van der Waals surface area contributed by atoms with E-state index in [1.54, 1.807) is 19.4 Å². The van der Waals surface area contributed by atoms with Crippen molar-refractivity contribution in [1.82, 2.24) is 19.2 Å². The molecule has 2 aromatic heterocycles. The first-order valence-corrected chi connectivity index (χ1v) is 10.1. The van der Waals surface area contributed by atoms with Crippen molar-refractivity contribution in [3.05, 3.63) is 46.5 Å². The van der Waals surface area contributed by atoms with Crippen molar-refractivity contribution < 1.29 is 9.53 Å². The number of nitrogens with zero attached hydrogens (tertiary/aromatic N) is 5. The van der Waals surface area contributed by atoms with Gasteiger partial charge in [-0.15, -0.1) is 5.10 Å². The largest absolute Gasteiger partial charge is 0.495 e. The van der Waals surface area contributed by atoms with Gasteiger partial charge in [-0.1, -0.05) is 13.0 Å². The summed E-state index contributed by atoms with van der Waals surface area (Å²) >= 11 is 0. The molecule has 3 heterocycles. The minimum Gasteiger partial charge on any atom is -0.495 e. The quantitative estimate of drug-likeness (QED) is 0.692. The molecule has 0 spiro atoms. The number of aryl methyl sites for hydroxylation is 1. The van der Waals surface area contributed by atoms with Crippen LogP contribution in [0.25, 0.3) is 5.78 Å². The lowest BCUT2D eigenvalue weighted by atomic mass is 9.99. The number of hydrogen-bond donors (Lipinski definition) is 1. The summed E-state index contributed by atoms with van der Waals surface area (Å²) in [6, 6.07) is 7.33. The van der Waals surface area contributed by atoms with Gasteiger partial charge in [0, 0.05) is 19.3 Å². The number of nitrogens with one attached hydrogen (secondary N) is 1. The van der Waals surface area contributed by atoms with Gasteiger partial charge in [-0.3, -0.25) is 4.79 Å². The van der Waals surface area contributed by atoms with Gasteiger partial charge in [0.2, 0.25) is 5.91 Å². The predicted octanol–water partition coefficient (Wildman–Crippen LogP) is 2.08. The molecule has 1 fully saturated rings. The van der Waals surface area contributed by atoms with Gasteiger partial charge in [0.25, 0.3) is 5.78 Å². The van der Waals surface area contributed by atoms with Crippen LogP contribution in [-0.2, 0) is 11.3 Å². The SMILES string of the molecule is COc1ccc(C)cc1NC(=O)Cn1nc2nc(N3CCC(C)CC3)ccn2c1=O. The summed E-state index contributed by atoms with van der Waals surface area (Å²) in [5.74, 6) is 2.00. The van der Waals surface area contributed by atoms with E-state index in [2.05, 4.69) is 27.2 Å². The number of methoxy groups -OCH3 is 1. The summed E-state index contributed by atoms with van der Waals surface area (Å²) in [7, 11) is 1.54. The number of amides is 1. The first-order valence-electron chi connectivity index (χ1n) is 10.1. The summed E-state index contributed by atoms with van der Waals surface area (Å²) in [6.45, 7) is 5.85. The summed E-state index contributed by atoms with van der Waals surface area (Å²) in [5, 5.41) is 7.05. The Hall–Kier alpha value is -3.36. The molecule has 30 heavy (non-hydrogen) atoms. The Morgan fingerprint density at radius 2 is 2.03 bits per heavy atom. The number of ether oxygens (including phenoxy) is 1. The van der Waals surface area contributed by atoms with Crippen LogP contribution in [-0.4, -0.2) is 45.3 Å². The van der Waals surface area contributed by atoms with Gasteiger partial charge in [0.05, 0.1) is 12.8 Å². The van der Waals surface area contributed by atoms with E-state index in [1.807, 2.05) is 25.1 Å². The van der Waals surface area contributed by atoms with Crippen molar-refractivity contribution >= 4 is 23.2 Å². The third-order valence-corrected chi connectivity index (χ3v) is 5.47. The highest BCUT2D eigenvalue weighted by atomic mass is 16.5. The van der Waals surface area contributed by atoms with Crippen LogP contribution in [0.5, 0.6) is 5.75 Å². The van der Waals surface area contributed by atoms with Crippen molar-refractivity contribution in [2.75, 3.05) is 30.4 Å². The number of fused-ring (bicyclic) bond motifs is 1. The van der Waals surface area contributed by atoms with Crippen molar-refractivity contribution in [1.29, 1.82) is 0 Å². The molecule has 1 aliphatic rings. The molecule has 1 aromatic carbocycles. The third kappa shape index (κ3) is 4.00. The number of benzene rings is 1. The maximum atomic E-state index is 12.6. The molecular weight excluding hydrogens is 384 g/mol. The Kier molecular flexibility index (Phi) is 5.43. The number of piperidine rings is 1. The third-order valence-electron chi connectivity index (χ3n) is 5.47. The van der Waals surface area contributed by atoms with Gasteiger partial charge in [0.15, 0.2) is 0 Å². The van der Waals surface area contributed by atoms with E-state index in [9.17, 15) is 9.59 Å². The second-order valence-electron chi connectivity index (χ2n) is 7.82. The molecule has 0 saturated carbocycles. The zero-order valence-electron chi connectivity index (χ0n) is 17.5. The Morgan fingerprint density at radius 1 is 1.27 bits per heavy atom. The second-order valence-corrected chi connectivity index (χ2v) is 7.82. The molecule has 3 aromatic rings. The van der Waals surface area contributed by atoms with Crippen LogP contribution >= 0.6 is 0 Å². The first-order chi connectivity index (χ1) is 14.4. The standard InChI is InChI=1S/C21H26N6O3/c1-14-6-9-25(10-7-14)18-8-11-26-20(23-18)24-27(21(26)29)13-19(28)22-16-12-15(2)4-5-17(16)30-3/h4-5,8,11-12,14H,6-7,9-10,13H2,1-3H3,(H,22,28). The van der Waals surface area contributed by atoms with Crippen molar-refractivity contribution in [3.8, 4) is 5.75 Å². The van der Waals surface area contributed by atoms with Crippen molar-refractivity contribution in [2.45, 2.75) is 33.2 Å². The maximum absolute atomic E-state index is 12.6. The molecule has 0 radical (unpaired) electrons. The molecule has 1 saturated heterocycles. The minimum absolute atomic E-state index is 0.212. The van der Waals surface area contributed by atoms with Gasteiger partial charge < -0.3 is 15.0 Å². The van der Waals surface area contributed by atoms with E-state index in [-0.39, 0.29) is 18.2 Å². The van der Waals surface area contributed by atoms with Crippen molar-refractivity contribution in [3.63, 3.8) is 0 Å². The lowest BCUT2D eigenvalue weighted by Crippen LogP contribution is -2.33. The molecule has 0 atom stereocenters. The second kappa shape index (κ2) is 8.17. The Balaban J connectivity index is 1.53. The van der Waals surface area contributed by atoms with E-state index in [4.69, 9.17) is 4.74 Å². The topological polar surface area (TPSA) is 93.8 Å². The van der Waals surface area contributed by atoms with Gasteiger partial charge in [-0.25, -0.2) is 13.9 Å². The number of aromatic nitrogens is 4. The Bertz CT molecular complexity index is 1130. The normalized spacial score (nSPS) is 14.8. The highest BCUT2D eigenvalue weighted by Crippen LogP contribution is 2.25. The summed E-state index contributed by atoms with van der Waals surface area (Å²) < 4.78 is 7.77. The van der Waals surface area contributed by atoms with Crippen LogP contribution in [0.4, 0.5) is 11.5 Å². The van der Waals surface area contributed by atoms with Crippen LogP contribution in [0.1, 0.15) is 25.3 Å². The van der Waals surface area contributed by atoms with Crippen LogP contribution in [0.15, 0.2) is 35.3 Å². The number of carbonyl (C=O) groups is 1. The molecule has 0 unspecified atom stereocenters. The summed E-state index contributed by atoms with van der Waals surface area (Å²) in [6.07, 6.45) is 3.91. The van der Waals surface area contributed by atoms with E-state index in [0.717, 1.165) is 47.9 Å². The van der Waals surface area contributed by atoms with Gasteiger partial charge in [-0.2, -0.15) is 4.98 Å². The maximum Gasteiger partial charge on any atom is 0.352 e. The Labute approximate surface area is 174 Å². The molecule has 9 nitrogen and oxygen atoms in total. The molecule has 158 valence electrons. The lowest BCUT2D eigenvalue weighted by molar-refractivity contribution is -0.117. The van der Waals surface area contributed by atoms with E-state index < -0.39 is 5.69 Å². The highest BCUT2D eigenvalue weighted by Gasteiger charge is 2.19. The molecule has 0 aliphatic carbocycles. The lowest BCUT2D eigenvalue weighted by Gasteiger charge is -2.30. The fourth-order valence-corrected chi connectivity index (χ4v) is 3.66. The van der Waals surface area contributed by atoms with Gasteiger partial charge in [-0.05, 0) is 49.4 Å². The predicted molar refractivity (Wildman–Crippen MR) is 114 cm³/mol. The van der Waals surface area contributed by atoms with E-state index in [0.29, 0.717) is 11.4 Å². The van der Waals surface area contributed by atoms with Crippen molar-refractivity contribution in [2.24, 2.45) is 5.92 Å². The molecule has 4 rings (SSSR count). The zero-order valence-corrected chi connectivity index (χ0v) is 17.5.